The van der Waals surface area contributed by atoms with Crippen molar-refractivity contribution in [1.29, 1.82) is 0 Å². The lowest BCUT2D eigenvalue weighted by Gasteiger charge is -2.38. The Morgan fingerprint density at radius 2 is 1.72 bits per heavy atom. The normalized spacial score (nSPS) is 23.2. The van der Waals surface area contributed by atoms with Gasteiger partial charge in [0, 0.05) is 25.2 Å². The fourth-order valence-corrected chi connectivity index (χ4v) is 6.11. The van der Waals surface area contributed by atoms with Crippen molar-refractivity contribution in [2.45, 2.75) is 62.9 Å². The van der Waals surface area contributed by atoms with E-state index in [1.807, 2.05) is 13.8 Å². The lowest BCUT2D eigenvalue weighted by atomic mass is 9.97. The molecule has 1 aromatic rings. The Bertz CT molecular complexity index is 873. The number of likely N-dealkylation sites (tertiary alicyclic amines) is 1. The van der Waals surface area contributed by atoms with E-state index in [0.717, 1.165) is 32.1 Å². The topological polar surface area (TPSA) is 84.0 Å². The van der Waals surface area contributed by atoms with Crippen molar-refractivity contribution in [3.8, 4) is 0 Å². The number of sulfonamides is 1. The number of halogens is 1. The number of rotatable bonds is 5. The van der Waals surface area contributed by atoms with Gasteiger partial charge in [0.15, 0.2) is 6.61 Å². The molecule has 9 heteroatoms. The van der Waals surface area contributed by atoms with Gasteiger partial charge in [-0.15, -0.1) is 0 Å². The van der Waals surface area contributed by atoms with Gasteiger partial charge >= 0.3 is 5.97 Å². The smallest absolute Gasteiger partial charge is 0.338 e. The zero-order valence-electron chi connectivity index (χ0n) is 16.8. The van der Waals surface area contributed by atoms with Gasteiger partial charge in [0.05, 0.1) is 10.6 Å². The van der Waals surface area contributed by atoms with Crippen molar-refractivity contribution in [2.75, 3.05) is 19.7 Å². The van der Waals surface area contributed by atoms with Crippen LogP contribution in [0.15, 0.2) is 23.1 Å². The summed E-state index contributed by atoms with van der Waals surface area (Å²) in [7, 11) is -3.77. The van der Waals surface area contributed by atoms with Crippen LogP contribution in [0.1, 0.15) is 56.3 Å². The van der Waals surface area contributed by atoms with E-state index in [1.54, 1.807) is 4.90 Å². The van der Waals surface area contributed by atoms with Crippen LogP contribution < -0.4 is 0 Å². The quantitative estimate of drug-likeness (QED) is 0.654. The van der Waals surface area contributed by atoms with Gasteiger partial charge in [-0.3, -0.25) is 4.79 Å². The van der Waals surface area contributed by atoms with Crippen molar-refractivity contribution in [1.82, 2.24) is 9.21 Å². The highest BCUT2D eigenvalue weighted by atomic mass is 35.5. The first kappa shape index (κ1) is 22.1. The van der Waals surface area contributed by atoms with E-state index in [0.29, 0.717) is 13.1 Å². The molecule has 2 aliphatic heterocycles. The lowest BCUT2D eigenvalue weighted by Crippen LogP contribution is -2.49. The van der Waals surface area contributed by atoms with Crippen molar-refractivity contribution in [3.05, 3.63) is 28.8 Å². The van der Waals surface area contributed by atoms with Gasteiger partial charge in [0.25, 0.3) is 5.91 Å². The highest BCUT2D eigenvalue weighted by molar-refractivity contribution is 7.89. The molecular weight excluding hydrogens is 416 g/mol. The number of ether oxygens (including phenoxy) is 1. The van der Waals surface area contributed by atoms with Crippen molar-refractivity contribution < 1.29 is 22.7 Å². The van der Waals surface area contributed by atoms with Gasteiger partial charge in [0.1, 0.15) is 4.90 Å². The van der Waals surface area contributed by atoms with Crippen molar-refractivity contribution in [3.63, 3.8) is 0 Å². The summed E-state index contributed by atoms with van der Waals surface area (Å²) in [5.74, 6) is -0.984. The SMILES string of the molecule is C[C@@H]1CCC[C@@H](C)N1C(=O)COC(=O)c1ccc(Cl)c(S(=O)(=O)N2CCCC2)c1. The third kappa shape index (κ3) is 4.75. The largest absolute Gasteiger partial charge is 0.452 e. The van der Waals surface area contributed by atoms with Crippen LogP contribution in [0.25, 0.3) is 0 Å². The Hall–Kier alpha value is -1.64. The molecule has 1 amide bonds. The highest BCUT2D eigenvalue weighted by Crippen LogP contribution is 2.28. The van der Waals surface area contributed by atoms with Gasteiger partial charge in [-0.1, -0.05) is 11.6 Å². The number of nitrogens with zero attached hydrogens (tertiary/aromatic N) is 2. The molecule has 7 nitrogen and oxygen atoms in total. The van der Waals surface area contributed by atoms with Crippen LogP contribution in [-0.4, -0.2) is 61.3 Å². The highest BCUT2D eigenvalue weighted by Gasteiger charge is 2.31. The molecule has 0 aliphatic carbocycles. The first-order valence-electron chi connectivity index (χ1n) is 10.00. The number of amides is 1. The molecule has 2 fully saturated rings. The molecule has 0 bridgehead atoms. The van der Waals surface area contributed by atoms with Crippen LogP contribution in [-0.2, 0) is 19.6 Å². The van der Waals surface area contributed by atoms with Gasteiger partial charge in [-0.2, -0.15) is 4.31 Å². The molecule has 0 unspecified atom stereocenters. The number of carbonyl (C=O) groups excluding carboxylic acids is 2. The number of esters is 1. The molecule has 2 saturated heterocycles. The molecular formula is C20H27ClN2O5S. The molecule has 2 atom stereocenters. The Morgan fingerprint density at radius 1 is 1.10 bits per heavy atom. The maximum absolute atomic E-state index is 12.8. The van der Waals surface area contributed by atoms with E-state index in [-0.39, 0.29) is 40.1 Å². The third-order valence-electron chi connectivity index (χ3n) is 5.66. The number of hydrogen-bond acceptors (Lipinski definition) is 5. The summed E-state index contributed by atoms with van der Waals surface area (Å²) in [4.78, 5) is 26.7. The maximum atomic E-state index is 12.8. The van der Waals surface area contributed by atoms with E-state index >= 15 is 0 Å². The monoisotopic (exact) mass is 442 g/mol. The van der Waals surface area contributed by atoms with E-state index < -0.39 is 16.0 Å². The Morgan fingerprint density at radius 3 is 2.34 bits per heavy atom. The molecule has 0 aromatic heterocycles. The number of carbonyl (C=O) groups is 2. The number of hydrogen-bond donors (Lipinski definition) is 0. The summed E-state index contributed by atoms with van der Waals surface area (Å²) in [6.45, 7) is 4.49. The van der Waals surface area contributed by atoms with Gasteiger partial charge < -0.3 is 9.64 Å². The second-order valence-corrected chi connectivity index (χ2v) is 10.1. The van der Waals surface area contributed by atoms with Crippen LogP contribution in [0.2, 0.25) is 5.02 Å². The summed E-state index contributed by atoms with van der Waals surface area (Å²) in [5, 5.41) is 0.0560. The lowest BCUT2D eigenvalue weighted by molar-refractivity contribution is -0.140. The zero-order chi connectivity index (χ0) is 21.2. The predicted octanol–water partition coefficient (Wildman–Crippen LogP) is 3.07. The Kier molecular flexibility index (Phi) is 6.86. The minimum Gasteiger partial charge on any atom is -0.452 e. The Labute approximate surface area is 177 Å². The molecule has 29 heavy (non-hydrogen) atoms. The van der Waals surface area contributed by atoms with Gasteiger partial charge in [-0.25, -0.2) is 13.2 Å². The zero-order valence-corrected chi connectivity index (χ0v) is 18.3. The summed E-state index contributed by atoms with van der Waals surface area (Å²) in [6.07, 6.45) is 4.53. The van der Waals surface area contributed by atoms with Crippen molar-refractivity contribution in [2.24, 2.45) is 0 Å². The van der Waals surface area contributed by atoms with Crippen LogP contribution in [0.5, 0.6) is 0 Å². The molecule has 2 aliphatic rings. The Balaban J connectivity index is 1.70. The predicted molar refractivity (Wildman–Crippen MR) is 109 cm³/mol. The standard InChI is InChI=1S/C20H27ClN2O5S/c1-14-6-5-7-15(2)23(14)19(24)13-28-20(25)16-8-9-17(21)18(12-16)29(26,27)22-10-3-4-11-22/h8-9,12,14-15H,3-7,10-11,13H2,1-2H3/t14-,15-/m1/s1. The molecule has 0 spiro atoms. The summed E-state index contributed by atoms with van der Waals surface area (Å²) < 4.78 is 32.2. The van der Waals surface area contributed by atoms with Gasteiger partial charge in [-0.05, 0) is 64.2 Å². The summed E-state index contributed by atoms with van der Waals surface area (Å²) in [5.41, 5.74) is 0.0553. The maximum Gasteiger partial charge on any atom is 0.338 e. The number of piperidine rings is 1. The van der Waals surface area contributed by atoms with E-state index in [4.69, 9.17) is 16.3 Å². The number of benzene rings is 1. The minimum atomic E-state index is -3.77. The second-order valence-electron chi connectivity index (χ2n) is 7.76. The van der Waals surface area contributed by atoms with E-state index in [1.165, 1.54) is 22.5 Å². The van der Waals surface area contributed by atoms with E-state index in [9.17, 15) is 18.0 Å². The first-order chi connectivity index (χ1) is 13.7. The van der Waals surface area contributed by atoms with Crippen LogP contribution in [0, 0.1) is 0 Å². The first-order valence-corrected chi connectivity index (χ1v) is 11.8. The van der Waals surface area contributed by atoms with E-state index in [2.05, 4.69) is 0 Å². The average molecular weight is 443 g/mol. The molecule has 0 N–H and O–H groups in total. The minimum absolute atomic E-state index is 0.0553. The van der Waals surface area contributed by atoms with Gasteiger partial charge in [0.2, 0.25) is 10.0 Å². The third-order valence-corrected chi connectivity index (χ3v) is 8.04. The summed E-state index contributed by atoms with van der Waals surface area (Å²) >= 11 is 6.11. The molecule has 1 aromatic carbocycles. The van der Waals surface area contributed by atoms with Crippen LogP contribution in [0.3, 0.4) is 0 Å². The molecule has 0 saturated carbocycles. The molecule has 2 heterocycles. The fraction of sp³-hybridized carbons (Fsp3) is 0.600. The molecule has 3 rings (SSSR count). The summed E-state index contributed by atoms with van der Waals surface area (Å²) in [6, 6.07) is 4.23. The van der Waals surface area contributed by atoms with Crippen molar-refractivity contribution >= 4 is 33.5 Å². The second kappa shape index (κ2) is 9.02. The molecule has 0 radical (unpaired) electrons. The van der Waals surface area contributed by atoms with Crippen LogP contribution >= 0.6 is 11.6 Å². The average Bonchev–Trinajstić information content (AvgIpc) is 3.22. The molecule has 160 valence electrons. The fourth-order valence-electron chi connectivity index (χ4n) is 4.09. The van der Waals surface area contributed by atoms with Crippen LogP contribution in [0.4, 0.5) is 0 Å².